The van der Waals surface area contributed by atoms with Gasteiger partial charge < -0.3 is 10.5 Å². The van der Waals surface area contributed by atoms with Gasteiger partial charge in [-0.2, -0.15) is 0 Å². The standard InChI is InChI=1S/C16H18N4O3/c17-16-18-9-8-13(19-16)11-4-6-12(7-5-11)15(21)20-23-14-3-1-2-10-22-14/h4-9,14H,1-3,10H2,(H,20,21)(H2,17,18,19). The van der Waals surface area contributed by atoms with Crippen molar-refractivity contribution < 1.29 is 14.4 Å². The summed E-state index contributed by atoms with van der Waals surface area (Å²) in [4.78, 5) is 25.3. The molecule has 2 heterocycles. The van der Waals surface area contributed by atoms with E-state index < -0.39 is 0 Å². The number of amides is 1. The molecule has 7 heteroatoms. The van der Waals surface area contributed by atoms with Gasteiger partial charge in [0, 0.05) is 30.4 Å². The van der Waals surface area contributed by atoms with Crippen LogP contribution in [0.25, 0.3) is 11.3 Å². The van der Waals surface area contributed by atoms with Gasteiger partial charge in [0.1, 0.15) is 0 Å². The first-order valence-corrected chi connectivity index (χ1v) is 7.49. The molecule has 1 aromatic heterocycles. The zero-order chi connectivity index (χ0) is 16.1. The van der Waals surface area contributed by atoms with Crippen molar-refractivity contribution in [2.24, 2.45) is 0 Å². The Morgan fingerprint density at radius 2 is 2.09 bits per heavy atom. The molecule has 1 unspecified atom stereocenters. The maximum atomic E-state index is 12.1. The summed E-state index contributed by atoms with van der Waals surface area (Å²) in [5.74, 6) is -0.0990. The Morgan fingerprint density at radius 1 is 1.26 bits per heavy atom. The molecule has 1 aromatic carbocycles. The van der Waals surface area contributed by atoms with E-state index in [1.54, 1.807) is 36.5 Å². The number of hydroxylamine groups is 1. The fourth-order valence-electron chi connectivity index (χ4n) is 2.31. The summed E-state index contributed by atoms with van der Waals surface area (Å²) < 4.78 is 5.39. The number of nitrogens with two attached hydrogens (primary N) is 1. The van der Waals surface area contributed by atoms with Gasteiger partial charge in [-0.1, -0.05) is 12.1 Å². The monoisotopic (exact) mass is 314 g/mol. The molecule has 2 aromatic rings. The van der Waals surface area contributed by atoms with E-state index >= 15 is 0 Å². The quantitative estimate of drug-likeness (QED) is 0.836. The van der Waals surface area contributed by atoms with Gasteiger partial charge in [-0.25, -0.2) is 20.3 Å². The molecular weight excluding hydrogens is 296 g/mol. The molecule has 23 heavy (non-hydrogen) atoms. The van der Waals surface area contributed by atoms with Crippen molar-refractivity contribution in [1.29, 1.82) is 0 Å². The van der Waals surface area contributed by atoms with Crippen LogP contribution in [0.1, 0.15) is 29.6 Å². The minimum atomic E-state index is -0.365. The molecule has 0 saturated carbocycles. The summed E-state index contributed by atoms with van der Waals surface area (Å²) in [6, 6.07) is 8.76. The SMILES string of the molecule is Nc1nccc(-c2ccc(C(=O)NOC3CCCCO3)cc2)n1. The number of benzene rings is 1. The first-order valence-electron chi connectivity index (χ1n) is 7.49. The van der Waals surface area contributed by atoms with Crippen molar-refractivity contribution in [3.63, 3.8) is 0 Å². The van der Waals surface area contributed by atoms with Gasteiger partial charge in [0.15, 0.2) is 6.29 Å². The average molecular weight is 314 g/mol. The van der Waals surface area contributed by atoms with Gasteiger partial charge in [-0.05, 0) is 31.0 Å². The van der Waals surface area contributed by atoms with E-state index in [2.05, 4.69) is 15.4 Å². The van der Waals surface area contributed by atoms with Crippen LogP contribution in [-0.2, 0) is 9.57 Å². The number of aromatic nitrogens is 2. The summed E-state index contributed by atoms with van der Waals surface area (Å²) in [5, 5.41) is 0. The van der Waals surface area contributed by atoms with Crippen molar-refractivity contribution >= 4 is 11.9 Å². The lowest BCUT2D eigenvalue weighted by molar-refractivity contribution is -0.186. The molecule has 1 atom stereocenters. The maximum Gasteiger partial charge on any atom is 0.274 e. The number of nitrogens with zero attached hydrogens (tertiary/aromatic N) is 2. The molecule has 0 bridgehead atoms. The fourth-order valence-corrected chi connectivity index (χ4v) is 2.31. The van der Waals surface area contributed by atoms with Crippen LogP contribution >= 0.6 is 0 Å². The molecule has 1 fully saturated rings. The summed E-state index contributed by atoms with van der Waals surface area (Å²) >= 11 is 0. The molecule has 0 aliphatic carbocycles. The van der Waals surface area contributed by atoms with Crippen molar-refractivity contribution in [3.05, 3.63) is 42.1 Å². The number of carbonyl (C=O) groups is 1. The second-order valence-electron chi connectivity index (χ2n) is 5.22. The predicted molar refractivity (Wildman–Crippen MR) is 84.0 cm³/mol. The lowest BCUT2D eigenvalue weighted by atomic mass is 10.1. The van der Waals surface area contributed by atoms with Crippen LogP contribution < -0.4 is 11.2 Å². The lowest BCUT2D eigenvalue weighted by Crippen LogP contribution is -2.33. The Bertz CT molecular complexity index is 669. The van der Waals surface area contributed by atoms with Crippen LogP contribution in [-0.4, -0.2) is 28.8 Å². The number of anilines is 1. The molecule has 7 nitrogen and oxygen atoms in total. The van der Waals surface area contributed by atoms with E-state index in [1.165, 1.54) is 0 Å². The Labute approximate surface area is 133 Å². The van der Waals surface area contributed by atoms with E-state index in [0.717, 1.165) is 24.8 Å². The van der Waals surface area contributed by atoms with Gasteiger partial charge in [0.25, 0.3) is 5.91 Å². The van der Waals surface area contributed by atoms with Crippen LogP contribution in [0.3, 0.4) is 0 Å². The van der Waals surface area contributed by atoms with Crippen LogP contribution in [0.15, 0.2) is 36.5 Å². The lowest BCUT2D eigenvalue weighted by Gasteiger charge is -2.22. The largest absolute Gasteiger partial charge is 0.368 e. The summed E-state index contributed by atoms with van der Waals surface area (Å²) in [5.41, 5.74) is 10.0. The number of nitrogens with one attached hydrogen (secondary N) is 1. The molecule has 3 rings (SSSR count). The smallest absolute Gasteiger partial charge is 0.274 e. The molecule has 1 saturated heterocycles. The Balaban J connectivity index is 1.61. The number of hydrogen-bond donors (Lipinski definition) is 2. The van der Waals surface area contributed by atoms with Crippen molar-refractivity contribution in [2.75, 3.05) is 12.3 Å². The van der Waals surface area contributed by atoms with Gasteiger partial charge in [-0.3, -0.25) is 4.79 Å². The Hall–Kier alpha value is -2.51. The highest BCUT2D eigenvalue weighted by molar-refractivity contribution is 5.93. The molecule has 120 valence electrons. The summed E-state index contributed by atoms with van der Waals surface area (Å²) in [6.45, 7) is 0.664. The molecule has 1 aliphatic heterocycles. The van der Waals surface area contributed by atoms with Crippen molar-refractivity contribution in [3.8, 4) is 11.3 Å². The number of hydrogen-bond acceptors (Lipinski definition) is 6. The third-order valence-electron chi connectivity index (χ3n) is 3.54. The van der Waals surface area contributed by atoms with Crippen molar-refractivity contribution in [1.82, 2.24) is 15.4 Å². The van der Waals surface area contributed by atoms with E-state index in [1.807, 2.05) is 0 Å². The van der Waals surface area contributed by atoms with Gasteiger partial charge in [0.05, 0.1) is 5.69 Å². The predicted octanol–water partition coefficient (Wildman–Crippen LogP) is 1.91. The topological polar surface area (TPSA) is 99.4 Å². The third kappa shape index (κ3) is 4.02. The molecule has 3 N–H and O–H groups in total. The van der Waals surface area contributed by atoms with E-state index in [4.69, 9.17) is 15.3 Å². The van der Waals surface area contributed by atoms with Crippen LogP contribution in [0, 0.1) is 0 Å². The Morgan fingerprint density at radius 3 is 2.78 bits per heavy atom. The highest BCUT2D eigenvalue weighted by Gasteiger charge is 2.16. The number of nitrogen functional groups attached to an aromatic ring is 1. The first kappa shape index (κ1) is 15.4. The minimum Gasteiger partial charge on any atom is -0.368 e. The second-order valence-corrected chi connectivity index (χ2v) is 5.22. The van der Waals surface area contributed by atoms with Crippen LogP contribution in [0.5, 0.6) is 0 Å². The van der Waals surface area contributed by atoms with Crippen LogP contribution in [0.4, 0.5) is 5.95 Å². The Kier molecular flexibility index (Phi) is 4.80. The first-order chi connectivity index (χ1) is 11.2. The van der Waals surface area contributed by atoms with Crippen molar-refractivity contribution in [2.45, 2.75) is 25.6 Å². The molecule has 0 radical (unpaired) electrons. The van der Waals surface area contributed by atoms with Gasteiger partial charge in [0.2, 0.25) is 5.95 Å². The highest BCUT2D eigenvalue weighted by atomic mass is 16.8. The fraction of sp³-hybridized carbons (Fsp3) is 0.312. The zero-order valence-electron chi connectivity index (χ0n) is 12.6. The number of carbonyl (C=O) groups excluding carboxylic acids is 1. The summed E-state index contributed by atoms with van der Waals surface area (Å²) in [6.07, 6.45) is 4.08. The zero-order valence-corrected chi connectivity index (χ0v) is 12.6. The molecule has 1 aliphatic rings. The van der Waals surface area contributed by atoms with Crippen LogP contribution in [0.2, 0.25) is 0 Å². The van der Waals surface area contributed by atoms with E-state index in [-0.39, 0.29) is 18.1 Å². The van der Waals surface area contributed by atoms with E-state index in [9.17, 15) is 4.79 Å². The number of ether oxygens (including phenoxy) is 1. The number of rotatable bonds is 4. The highest BCUT2D eigenvalue weighted by Crippen LogP contribution is 2.18. The molecule has 0 spiro atoms. The summed E-state index contributed by atoms with van der Waals surface area (Å²) in [7, 11) is 0. The minimum absolute atomic E-state index is 0.213. The average Bonchev–Trinajstić information content (AvgIpc) is 2.61. The normalized spacial score (nSPS) is 17.7. The molecular formula is C16H18N4O3. The van der Waals surface area contributed by atoms with E-state index in [0.29, 0.717) is 17.9 Å². The third-order valence-corrected chi connectivity index (χ3v) is 3.54. The van der Waals surface area contributed by atoms with Gasteiger partial charge >= 0.3 is 0 Å². The van der Waals surface area contributed by atoms with Gasteiger partial charge in [-0.15, -0.1) is 0 Å². The maximum absolute atomic E-state index is 12.1. The molecule has 1 amide bonds. The second kappa shape index (κ2) is 7.17.